The zero-order valence-corrected chi connectivity index (χ0v) is 12.7. The van der Waals surface area contributed by atoms with Crippen molar-refractivity contribution >= 4 is 44.8 Å². The standard InChI is InChI=1S/C10H13Cl3N2O2S/c1-15(4-2-3-14)18(16,17)10-8(12)5-7(11)6-9(10)13/h5-6H,2-4,14H2,1H3. The summed E-state index contributed by atoms with van der Waals surface area (Å²) < 4.78 is 25.7. The molecule has 18 heavy (non-hydrogen) atoms. The molecular weight excluding hydrogens is 319 g/mol. The van der Waals surface area contributed by atoms with Crippen LogP contribution in [0, 0.1) is 0 Å². The van der Waals surface area contributed by atoms with Gasteiger partial charge in [0.1, 0.15) is 4.90 Å². The zero-order chi connectivity index (χ0) is 13.9. The van der Waals surface area contributed by atoms with E-state index in [0.717, 1.165) is 0 Å². The highest BCUT2D eigenvalue weighted by atomic mass is 35.5. The molecule has 0 radical (unpaired) electrons. The quantitative estimate of drug-likeness (QED) is 0.902. The third-order valence-electron chi connectivity index (χ3n) is 2.31. The van der Waals surface area contributed by atoms with Crippen LogP contribution in [0.5, 0.6) is 0 Å². The molecule has 0 unspecified atom stereocenters. The number of hydrogen-bond acceptors (Lipinski definition) is 3. The van der Waals surface area contributed by atoms with Gasteiger partial charge >= 0.3 is 0 Å². The molecule has 0 heterocycles. The van der Waals surface area contributed by atoms with Crippen LogP contribution in [0.4, 0.5) is 0 Å². The first-order chi connectivity index (χ1) is 8.30. The van der Waals surface area contributed by atoms with Gasteiger partial charge in [-0.15, -0.1) is 0 Å². The molecule has 102 valence electrons. The predicted molar refractivity (Wildman–Crippen MR) is 75.0 cm³/mol. The highest BCUT2D eigenvalue weighted by Crippen LogP contribution is 2.34. The van der Waals surface area contributed by atoms with Crippen LogP contribution in [0.3, 0.4) is 0 Å². The van der Waals surface area contributed by atoms with E-state index >= 15 is 0 Å². The minimum absolute atomic E-state index is 0.00657. The molecular formula is C10H13Cl3N2O2S. The van der Waals surface area contributed by atoms with Crippen LogP contribution in [0.1, 0.15) is 6.42 Å². The van der Waals surface area contributed by atoms with Crippen molar-refractivity contribution in [2.24, 2.45) is 5.73 Å². The van der Waals surface area contributed by atoms with E-state index in [9.17, 15) is 8.42 Å². The highest BCUT2D eigenvalue weighted by Gasteiger charge is 2.26. The van der Waals surface area contributed by atoms with E-state index < -0.39 is 10.0 Å². The van der Waals surface area contributed by atoms with Gasteiger partial charge in [-0.1, -0.05) is 34.8 Å². The Bertz CT molecular complexity index is 511. The molecule has 1 rings (SSSR count). The Balaban J connectivity index is 3.20. The Morgan fingerprint density at radius 3 is 2.17 bits per heavy atom. The molecule has 0 saturated carbocycles. The topological polar surface area (TPSA) is 63.4 Å². The Kier molecular flexibility index (Phi) is 5.70. The number of nitrogens with zero attached hydrogens (tertiary/aromatic N) is 1. The minimum atomic E-state index is -3.73. The normalized spacial score (nSPS) is 12.1. The van der Waals surface area contributed by atoms with Crippen LogP contribution in [0.15, 0.2) is 17.0 Å². The van der Waals surface area contributed by atoms with Crippen LogP contribution in [0.2, 0.25) is 15.1 Å². The maximum absolute atomic E-state index is 12.3. The number of benzene rings is 1. The first-order valence-corrected chi connectivity index (χ1v) is 7.69. The molecule has 1 aromatic rings. The van der Waals surface area contributed by atoms with Gasteiger partial charge in [0.05, 0.1) is 10.0 Å². The van der Waals surface area contributed by atoms with Crippen molar-refractivity contribution in [3.63, 3.8) is 0 Å². The van der Waals surface area contributed by atoms with Crippen molar-refractivity contribution in [2.45, 2.75) is 11.3 Å². The van der Waals surface area contributed by atoms with E-state index in [4.69, 9.17) is 40.5 Å². The van der Waals surface area contributed by atoms with Gasteiger partial charge in [-0.05, 0) is 25.1 Å². The average molecular weight is 332 g/mol. The fraction of sp³-hybridized carbons (Fsp3) is 0.400. The lowest BCUT2D eigenvalue weighted by atomic mass is 10.4. The molecule has 2 N–H and O–H groups in total. The van der Waals surface area contributed by atoms with Crippen molar-refractivity contribution < 1.29 is 8.42 Å². The number of sulfonamides is 1. The van der Waals surface area contributed by atoms with E-state index in [1.807, 2.05) is 0 Å². The van der Waals surface area contributed by atoms with Crippen LogP contribution in [-0.2, 0) is 10.0 Å². The number of hydrogen-bond donors (Lipinski definition) is 1. The second kappa shape index (κ2) is 6.41. The first-order valence-electron chi connectivity index (χ1n) is 5.11. The maximum Gasteiger partial charge on any atom is 0.245 e. The molecule has 4 nitrogen and oxygen atoms in total. The second-order valence-corrected chi connectivity index (χ2v) is 6.90. The van der Waals surface area contributed by atoms with Gasteiger partial charge in [0.2, 0.25) is 10.0 Å². The van der Waals surface area contributed by atoms with Crippen molar-refractivity contribution in [1.29, 1.82) is 0 Å². The van der Waals surface area contributed by atoms with E-state index in [1.54, 1.807) is 0 Å². The Labute approximate surface area is 122 Å². The molecule has 0 aliphatic rings. The van der Waals surface area contributed by atoms with E-state index in [1.165, 1.54) is 23.5 Å². The molecule has 0 spiro atoms. The summed E-state index contributed by atoms with van der Waals surface area (Å²) in [7, 11) is -2.28. The average Bonchev–Trinajstić information content (AvgIpc) is 2.23. The molecule has 0 saturated heterocycles. The largest absolute Gasteiger partial charge is 0.330 e. The summed E-state index contributed by atoms with van der Waals surface area (Å²) in [5.74, 6) is 0. The van der Waals surface area contributed by atoms with Gasteiger partial charge in [-0.25, -0.2) is 12.7 Å². The number of rotatable bonds is 5. The predicted octanol–water partition coefficient (Wildman–Crippen LogP) is 2.62. The van der Waals surface area contributed by atoms with E-state index in [-0.39, 0.29) is 20.0 Å². The minimum Gasteiger partial charge on any atom is -0.330 e. The molecule has 0 atom stereocenters. The van der Waals surface area contributed by atoms with Gasteiger partial charge in [-0.2, -0.15) is 0 Å². The van der Waals surface area contributed by atoms with Crippen LogP contribution in [0.25, 0.3) is 0 Å². The fourth-order valence-corrected chi connectivity index (χ4v) is 4.06. The van der Waals surface area contributed by atoms with Crippen molar-refractivity contribution in [1.82, 2.24) is 4.31 Å². The number of nitrogens with two attached hydrogens (primary N) is 1. The highest BCUT2D eigenvalue weighted by molar-refractivity contribution is 7.89. The lowest BCUT2D eigenvalue weighted by molar-refractivity contribution is 0.464. The fourth-order valence-electron chi connectivity index (χ4n) is 1.37. The molecule has 0 fully saturated rings. The van der Waals surface area contributed by atoms with Gasteiger partial charge in [0.25, 0.3) is 0 Å². The molecule has 0 bridgehead atoms. The second-order valence-electron chi connectivity index (χ2n) is 3.67. The third kappa shape index (κ3) is 3.50. The summed E-state index contributed by atoms with van der Waals surface area (Å²) in [6, 6.07) is 2.69. The summed E-state index contributed by atoms with van der Waals surface area (Å²) in [6.07, 6.45) is 0.554. The number of halogens is 3. The Hall–Kier alpha value is -0.0400. The maximum atomic E-state index is 12.3. The summed E-state index contributed by atoms with van der Waals surface area (Å²) in [4.78, 5) is -0.130. The molecule has 0 aliphatic carbocycles. The van der Waals surface area contributed by atoms with Crippen molar-refractivity contribution in [2.75, 3.05) is 20.1 Å². The summed E-state index contributed by atoms with van der Waals surface area (Å²) in [5.41, 5.74) is 5.35. The van der Waals surface area contributed by atoms with Crippen LogP contribution in [-0.4, -0.2) is 32.9 Å². The SMILES string of the molecule is CN(CCCN)S(=O)(=O)c1c(Cl)cc(Cl)cc1Cl. The molecule has 8 heteroatoms. The first kappa shape index (κ1) is 16.0. The Morgan fingerprint density at radius 1 is 1.22 bits per heavy atom. The van der Waals surface area contributed by atoms with Crippen molar-refractivity contribution in [3.8, 4) is 0 Å². The summed E-state index contributed by atoms with van der Waals surface area (Å²) in [5, 5.41) is 0.299. The van der Waals surface area contributed by atoms with E-state index in [0.29, 0.717) is 19.5 Å². The molecule has 0 aliphatic heterocycles. The molecule has 0 aromatic heterocycles. The summed E-state index contributed by atoms with van der Waals surface area (Å²) in [6.45, 7) is 0.704. The van der Waals surface area contributed by atoms with Gasteiger partial charge in [0.15, 0.2) is 0 Å². The van der Waals surface area contributed by atoms with Crippen LogP contribution < -0.4 is 5.73 Å². The monoisotopic (exact) mass is 330 g/mol. The summed E-state index contributed by atoms with van der Waals surface area (Å²) >= 11 is 17.5. The zero-order valence-electron chi connectivity index (χ0n) is 9.66. The lowest BCUT2D eigenvalue weighted by Crippen LogP contribution is -2.29. The smallest absolute Gasteiger partial charge is 0.245 e. The van der Waals surface area contributed by atoms with Gasteiger partial charge in [0, 0.05) is 18.6 Å². The lowest BCUT2D eigenvalue weighted by Gasteiger charge is -2.18. The van der Waals surface area contributed by atoms with Gasteiger partial charge < -0.3 is 5.73 Å². The van der Waals surface area contributed by atoms with Crippen molar-refractivity contribution in [3.05, 3.63) is 27.2 Å². The Morgan fingerprint density at radius 2 is 1.72 bits per heavy atom. The molecule has 0 amide bonds. The molecule has 1 aromatic carbocycles. The van der Waals surface area contributed by atoms with Gasteiger partial charge in [-0.3, -0.25) is 0 Å². The third-order valence-corrected chi connectivity index (χ3v) is 5.31. The van der Waals surface area contributed by atoms with Crippen LogP contribution >= 0.6 is 34.8 Å². The van der Waals surface area contributed by atoms with E-state index in [2.05, 4.69) is 0 Å².